The number of nitrogens with zero attached hydrogens (tertiary/aromatic N) is 3. The molecule has 0 radical (unpaired) electrons. The second-order valence-corrected chi connectivity index (χ2v) is 4.73. The average molecular weight is 312 g/mol. The van der Waals surface area contributed by atoms with Gasteiger partial charge in [0, 0.05) is 18.6 Å². The molecule has 0 saturated carbocycles. The summed E-state index contributed by atoms with van der Waals surface area (Å²) >= 11 is 0. The van der Waals surface area contributed by atoms with E-state index < -0.39 is 0 Å². The smallest absolute Gasteiger partial charge is 0.231 e. The maximum absolute atomic E-state index is 11.5. The third kappa shape index (κ3) is 2.53. The Hall–Kier alpha value is -3.54. The SMILES string of the molecule is CC(=O)Nc1cc2c(cc1-c1nc(N)nc(N)c1C#N)OCO2. The summed E-state index contributed by atoms with van der Waals surface area (Å²) in [5.41, 5.74) is 12.5. The van der Waals surface area contributed by atoms with E-state index in [-0.39, 0.29) is 35.7 Å². The van der Waals surface area contributed by atoms with Crippen LogP contribution in [-0.4, -0.2) is 22.7 Å². The number of fused-ring (bicyclic) bond motifs is 1. The zero-order valence-corrected chi connectivity index (χ0v) is 12.1. The van der Waals surface area contributed by atoms with Gasteiger partial charge in [0.15, 0.2) is 11.5 Å². The van der Waals surface area contributed by atoms with Gasteiger partial charge in [-0.3, -0.25) is 4.79 Å². The number of nitrogen functional groups attached to an aromatic ring is 2. The Kier molecular flexibility index (Phi) is 3.34. The molecule has 23 heavy (non-hydrogen) atoms. The van der Waals surface area contributed by atoms with E-state index in [1.54, 1.807) is 12.1 Å². The van der Waals surface area contributed by atoms with Crippen molar-refractivity contribution in [3.63, 3.8) is 0 Å². The van der Waals surface area contributed by atoms with Gasteiger partial charge >= 0.3 is 0 Å². The number of nitriles is 1. The molecule has 1 aliphatic rings. The van der Waals surface area contributed by atoms with E-state index >= 15 is 0 Å². The van der Waals surface area contributed by atoms with E-state index in [0.717, 1.165) is 0 Å². The van der Waals surface area contributed by atoms with Crippen LogP contribution in [0, 0.1) is 11.3 Å². The second kappa shape index (κ2) is 5.34. The number of rotatable bonds is 2. The van der Waals surface area contributed by atoms with Crippen LogP contribution in [0.15, 0.2) is 12.1 Å². The predicted octanol–water partition coefficient (Wildman–Crippen LogP) is 0.867. The molecule has 1 amide bonds. The molecule has 1 aromatic carbocycles. The molecule has 2 heterocycles. The van der Waals surface area contributed by atoms with Crippen LogP contribution >= 0.6 is 0 Å². The van der Waals surface area contributed by atoms with E-state index in [1.807, 2.05) is 6.07 Å². The molecule has 0 atom stereocenters. The highest BCUT2D eigenvalue weighted by Gasteiger charge is 2.22. The largest absolute Gasteiger partial charge is 0.454 e. The lowest BCUT2D eigenvalue weighted by atomic mass is 10.0. The minimum Gasteiger partial charge on any atom is -0.454 e. The lowest BCUT2D eigenvalue weighted by Gasteiger charge is -2.13. The van der Waals surface area contributed by atoms with Gasteiger partial charge in [-0.25, -0.2) is 4.98 Å². The number of nitrogens with one attached hydrogen (secondary N) is 1. The molecular weight excluding hydrogens is 300 g/mol. The van der Waals surface area contributed by atoms with Crippen LogP contribution in [0.4, 0.5) is 17.5 Å². The van der Waals surface area contributed by atoms with E-state index in [2.05, 4.69) is 15.3 Å². The van der Waals surface area contributed by atoms with Gasteiger partial charge in [-0.2, -0.15) is 10.2 Å². The molecule has 0 aliphatic carbocycles. The quantitative estimate of drug-likeness (QED) is 0.739. The topological polar surface area (TPSA) is 149 Å². The van der Waals surface area contributed by atoms with Crippen molar-refractivity contribution in [2.45, 2.75) is 6.92 Å². The summed E-state index contributed by atoms with van der Waals surface area (Å²) in [6, 6.07) is 5.15. The van der Waals surface area contributed by atoms with Crippen LogP contribution in [0.3, 0.4) is 0 Å². The van der Waals surface area contributed by atoms with Crippen LogP contribution in [0.5, 0.6) is 11.5 Å². The number of carbonyl (C=O) groups is 1. The highest BCUT2D eigenvalue weighted by atomic mass is 16.7. The Morgan fingerprint density at radius 1 is 1.30 bits per heavy atom. The van der Waals surface area contributed by atoms with Gasteiger partial charge in [-0.05, 0) is 6.07 Å². The fraction of sp³-hybridized carbons (Fsp3) is 0.143. The molecule has 0 spiro atoms. The first kappa shape index (κ1) is 14.4. The molecular formula is C14H12N6O3. The zero-order valence-electron chi connectivity index (χ0n) is 12.1. The number of amides is 1. The first-order valence-electron chi connectivity index (χ1n) is 6.54. The van der Waals surface area contributed by atoms with E-state index in [4.69, 9.17) is 20.9 Å². The number of benzene rings is 1. The van der Waals surface area contributed by atoms with E-state index in [9.17, 15) is 10.1 Å². The number of anilines is 3. The summed E-state index contributed by atoms with van der Waals surface area (Å²) in [5.74, 6) is 0.530. The van der Waals surface area contributed by atoms with Crippen molar-refractivity contribution in [3.8, 4) is 28.8 Å². The highest BCUT2D eigenvalue weighted by Crippen LogP contribution is 2.42. The van der Waals surface area contributed by atoms with Gasteiger partial charge in [-0.15, -0.1) is 0 Å². The second-order valence-electron chi connectivity index (χ2n) is 4.73. The molecule has 1 aromatic heterocycles. The summed E-state index contributed by atoms with van der Waals surface area (Å²) in [6.45, 7) is 1.43. The van der Waals surface area contributed by atoms with Gasteiger partial charge in [-0.1, -0.05) is 0 Å². The Labute approximate surface area is 130 Å². The molecule has 0 fully saturated rings. The summed E-state index contributed by atoms with van der Waals surface area (Å²) in [4.78, 5) is 19.3. The van der Waals surface area contributed by atoms with Crippen molar-refractivity contribution >= 4 is 23.4 Å². The van der Waals surface area contributed by atoms with Crippen molar-refractivity contribution in [2.75, 3.05) is 23.6 Å². The van der Waals surface area contributed by atoms with Crippen LogP contribution in [0.25, 0.3) is 11.3 Å². The lowest BCUT2D eigenvalue weighted by molar-refractivity contribution is -0.114. The van der Waals surface area contributed by atoms with Crippen molar-refractivity contribution < 1.29 is 14.3 Å². The summed E-state index contributed by atoms with van der Waals surface area (Å²) in [5, 5.41) is 12.0. The van der Waals surface area contributed by atoms with Crippen molar-refractivity contribution in [3.05, 3.63) is 17.7 Å². The highest BCUT2D eigenvalue weighted by molar-refractivity contribution is 5.96. The molecule has 9 heteroatoms. The number of ether oxygens (including phenoxy) is 2. The van der Waals surface area contributed by atoms with E-state index in [0.29, 0.717) is 22.7 Å². The number of hydrogen-bond donors (Lipinski definition) is 3. The molecule has 116 valence electrons. The van der Waals surface area contributed by atoms with Gasteiger partial charge in [0.2, 0.25) is 18.6 Å². The minimum atomic E-state index is -0.293. The van der Waals surface area contributed by atoms with Gasteiger partial charge in [0.1, 0.15) is 17.5 Å². The Balaban J connectivity index is 2.27. The Bertz CT molecular complexity index is 859. The number of carbonyl (C=O) groups excluding carboxylic acids is 1. The monoisotopic (exact) mass is 312 g/mol. The van der Waals surface area contributed by atoms with Crippen molar-refractivity contribution in [1.82, 2.24) is 9.97 Å². The molecule has 9 nitrogen and oxygen atoms in total. The predicted molar refractivity (Wildman–Crippen MR) is 81.4 cm³/mol. The van der Waals surface area contributed by atoms with E-state index in [1.165, 1.54) is 6.92 Å². The summed E-state index contributed by atoms with van der Waals surface area (Å²) < 4.78 is 10.6. The fourth-order valence-electron chi connectivity index (χ4n) is 2.23. The molecule has 0 bridgehead atoms. The molecule has 0 saturated heterocycles. The minimum absolute atomic E-state index is 0.0403. The first-order valence-corrected chi connectivity index (χ1v) is 6.54. The Morgan fingerprint density at radius 3 is 2.65 bits per heavy atom. The molecule has 0 unspecified atom stereocenters. The molecule has 5 N–H and O–H groups in total. The maximum Gasteiger partial charge on any atom is 0.231 e. The first-order chi connectivity index (χ1) is 11.0. The zero-order chi connectivity index (χ0) is 16.6. The van der Waals surface area contributed by atoms with Crippen LogP contribution in [-0.2, 0) is 4.79 Å². The third-order valence-corrected chi connectivity index (χ3v) is 3.14. The fourth-order valence-corrected chi connectivity index (χ4v) is 2.23. The number of hydrogen-bond acceptors (Lipinski definition) is 8. The maximum atomic E-state index is 11.5. The number of aromatic nitrogens is 2. The molecule has 3 rings (SSSR count). The average Bonchev–Trinajstić information content (AvgIpc) is 2.92. The van der Waals surface area contributed by atoms with Gasteiger partial charge < -0.3 is 26.3 Å². The standard InChI is InChI=1S/C14H12N6O3/c1-6(21)18-9-3-11-10(22-5-23-11)2-7(9)12-8(4-15)13(16)20-14(17)19-12/h2-3H,5H2,1H3,(H,18,21)(H4,16,17,19,20). The third-order valence-electron chi connectivity index (χ3n) is 3.14. The van der Waals surface area contributed by atoms with Gasteiger partial charge in [0.25, 0.3) is 0 Å². The number of nitrogens with two attached hydrogens (primary N) is 2. The van der Waals surface area contributed by atoms with Crippen LogP contribution < -0.4 is 26.3 Å². The Morgan fingerprint density at radius 2 is 2.00 bits per heavy atom. The normalized spacial score (nSPS) is 11.8. The van der Waals surface area contributed by atoms with Crippen molar-refractivity contribution in [2.24, 2.45) is 0 Å². The summed E-state index contributed by atoms with van der Waals surface area (Å²) in [6.07, 6.45) is 0. The summed E-state index contributed by atoms with van der Waals surface area (Å²) in [7, 11) is 0. The molecule has 2 aromatic rings. The van der Waals surface area contributed by atoms with Crippen molar-refractivity contribution in [1.29, 1.82) is 5.26 Å². The lowest BCUT2D eigenvalue weighted by Crippen LogP contribution is -2.09. The van der Waals surface area contributed by atoms with Crippen LogP contribution in [0.1, 0.15) is 12.5 Å². The van der Waals surface area contributed by atoms with Gasteiger partial charge in [0.05, 0.1) is 11.4 Å². The van der Waals surface area contributed by atoms with Crippen LogP contribution in [0.2, 0.25) is 0 Å². The molecule has 1 aliphatic heterocycles.